The molecule has 6 rings (SSSR count). The maximum Gasteiger partial charge on any atom is 0.259 e. The Bertz CT molecular complexity index is 1460. The molecule has 0 spiro atoms. The third-order valence-corrected chi connectivity index (χ3v) is 6.31. The molecule has 2 aliphatic rings. The second-order valence-electron chi connectivity index (χ2n) is 7.70. The van der Waals surface area contributed by atoms with E-state index in [2.05, 4.69) is 20.9 Å². The molecular formula is C23H15ClFN3O2. The number of nitrogens with one attached hydrogen (secondary N) is 2. The number of aromatic nitrogens is 2. The zero-order valence-corrected chi connectivity index (χ0v) is 16.4. The van der Waals surface area contributed by atoms with Crippen molar-refractivity contribution in [2.75, 3.05) is 0 Å². The minimum Gasteiger partial charge on any atom is -0.360 e. The number of hydrogen-bond donors (Lipinski definition) is 2. The molecular weight excluding hydrogens is 405 g/mol. The van der Waals surface area contributed by atoms with E-state index in [4.69, 9.17) is 11.6 Å². The Morgan fingerprint density at radius 2 is 1.83 bits per heavy atom. The van der Waals surface area contributed by atoms with Crippen LogP contribution in [0.2, 0.25) is 5.02 Å². The second-order valence-corrected chi connectivity index (χ2v) is 8.11. The van der Waals surface area contributed by atoms with Crippen molar-refractivity contribution in [2.45, 2.75) is 19.4 Å². The molecule has 0 bridgehead atoms. The lowest BCUT2D eigenvalue weighted by Gasteiger charge is -2.14. The zero-order valence-electron chi connectivity index (χ0n) is 15.7. The van der Waals surface area contributed by atoms with Gasteiger partial charge in [0.15, 0.2) is 0 Å². The normalized spacial score (nSPS) is 16.2. The number of imide groups is 1. The maximum atomic E-state index is 14.2. The monoisotopic (exact) mass is 419 g/mol. The number of carbonyl (C=O) groups is 2. The van der Waals surface area contributed by atoms with Crippen molar-refractivity contribution in [3.63, 3.8) is 0 Å². The lowest BCUT2D eigenvalue weighted by Crippen LogP contribution is -2.22. The number of fused-ring (bicyclic) bond motifs is 1. The minimum atomic E-state index is -0.580. The van der Waals surface area contributed by atoms with Gasteiger partial charge in [-0.2, -0.15) is 0 Å². The number of benzene rings is 2. The van der Waals surface area contributed by atoms with Gasteiger partial charge >= 0.3 is 0 Å². The van der Waals surface area contributed by atoms with Crippen LogP contribution in [0.4, 0.5) is 4.39 Å². The number of carbonyl (C=O) groups excluding carboxylic acids is 2. The van der Waals surface area contributed by atoms with Crippen molar-refractivity contribution < 1.29 is 14.0 Å². The first-order valence-corrected chi connectivity index (χ1v) is 10.1. The number of amides is 2. The van der Waals surface area contributed by atoms with Crippen molar-refractivity contribution in [3.05, 3.63) is 70.3 Å². The topological polar surface area (TPSA) is 66.9 Å². The van der Waals surface area contributed by atoms with Gasteiger partial charge < -0.3 is 9.55 Å². The number of hydrogen-bond acceptors (Lipinski definition) is 2. The molecule has 2 aromatic heterocycles. The molecule has 0 fully saturated rings. The van der Waals surface area contributed by atoms with Crippen molar-refractivity contribution in [1.82, 2.24) is 14.9 Å². The summed E-state index contributed by atoms with van der Waals surface area (Å²) in [4.78, 5) is 28.7. The summed E-state index contributed by atoms with van der Waals surface area (Å²) in [5, 5.41) is 3.86. The fraction of sp³-hybridized carbons (Fsp3) is 0.130. The molecule has 7 heteroatoms. The number of H-pyrrole nitrogens is 1. The molecule has 2 N–H and O–H groups in total. The first kappa shape index (κ1) is 17.5. The van der Waals surface area contributed by atoms with Gasteiger partial charge in [0, 0.05) is 46.4 Å². The van der Waals surface area contributed by atoms with Crippen LogP contribution in [-0.4, -0.2) is 21.4 Å². The largest absolute Gasteiger partial charge is 0.360 e. The van der Waals surface area contributed by atoms with E-state index in [1.807, 2.05) is 18.3 Å². The van der Waals surface area contributed by atoms with Crippen LogP contribution in [0.5, 0.6) is 0 Å². The van der Waals surface area contributed by atoms with Crippen molar-refractivity contribution in [3.8, 4) is 0 Å². The number of aryl methyl sites for hydroxylation is 2. The Morgan fingerprint density at radius 1 is 1.03 bits per heavy atom. The second kappa shape index (κ2) is 6.06. The SMILES string of the molecule is O=C1NC(=O)C(c2cn3c4c(cccc24)CCC3)=C1c1c[nH]c2cc(Cl)c(F)cc12. The van der Waals surface area contributed by atoms with Gasteiger partial charge in [-0.1, -0.05) is 29.8 Å². The van der Waals surface area contributed by atoms with Crippen molar-refractivity contribution in [1.29, 1.82) is 0 Å². The maximum absolute atomic E-state index is 14.2. The Kier molecular flexibility index (Phi) is 3.53. The van der Waals surface area contributed by atoms with Crippen LogP contribution in [0.25, 0.3) is 33.0 Å². The molecule has 0 radical (unpaired) electrons. The first-order valence-electron chi connectivity index (χ1n) is 9.70. The molecule has 0 saturated carbocycles. The molecule has 2 aliphatic heterocycles. The van der Waals surface area contributed by atoms with Crippen LogP contribution in [0.1, 0.15) is 23.1 Å². The first-order chi connectivity index (χ1) is 14.5. The highest BCUT2D eigenvalue weighted by molar-refractivity contribution is 6.50. The molecule has 0 aliphatic carbocycles. The molecule has 2 aromatic carbocycles. The predicted molar refractivity (Wildman–Crippen MR) is 113 cm³/mol. The quantitative estimate of drug-likeness (QED) is 0.472. The molecule has 148 valence electrons. The number of aromatic amines is 1. The predicted octanol–water partition coefficient (Wildman–Crippen LogP) is 4.43. The van der Waals surface area contributed by atoms with E-state index < -0.39 is 17.6 Å². The summed E-state index contributed by atoms with van der Waals surface area (Å²) in [5.74, 6) is -1.51. The summed E-state index contributed by atoms with van der Waals surface area (Å²) >= 11 is 5.89. The van der Waals surface area contributed by atoms with Crippen LogP contribution in [-0.2, 0) is 22.6 Å². The lowest BCUT2D eigenvalue weighted by molar-refractivity contribution is -0.122. The smallest absolute Gasteiger partial charge is 0.259 e. The minimum absolute atomic E-state index is 0.00829. The third-order valence-electron chi connectivity index (χ3n) is 6.02. The van der Waals surface area contributed by atoms with Gasteiger partial charge in [-0.15, -0.1) is 0 Å². The Balaban J connectivity index is 1.68. The standard InChI is InChI=1S/C23H15ClFN3O2/c24-16-8-18-13(7-17(16)25)14(9-26-18)19-20(23(30)27-22(19)29)15-10-28-6-2-4-11-3-1-5-12(15)21(11)28/h1,3,5,7-10,26H,2,4,6H2,(H,27,29,30). The number of nitrogens with zero attached hydrogens (tertiary/aromatic N) is 1. The van der Waals surface area contributed by atoms with Gasteiger partial charge in [0.25, 0.3) is 11.8 Å². The van der Waals surface area contributed by atoms with E-state index in [0.717, 1.165) is 35.9 Å². The number of para-hydroxylation sites is 1. The Morgan fingerprint density at radius 3 is 2.67 bits per heavy atom. The summed E-state index contributed by atoms with van der Waals surface area (Å²) in [5.41, 5.74) is 4.70. The number of rotatable bonds is 2. The van der Waals surface area contributed by atoms with E-state index in [0.29, 0.717) is 22.0 Å². The van der Waals surface area contributed by atoms with Gasteiger partial charge in [0.2, 0.25) is 0 Å². The van der Waals surface area contributed by atoms with Crippen LogP contribution >= 0.6 is 11.6 Å². The molecule has 0 atom stereocenters. The van der Waals surface area contributed by atoms with Crippen LogP contribution in [0.3, 0.4) is 0 Å². The zero-order chi connectivity index (χ0) is 20.6. The van der Waals surface area contributed by atoms with Crippen LogP contribution in [0, 0.1) is 5.82 Å². The van der Waals surface area contributed by atoms with Gasteiger partial charge in [0.1, 0.15) is 5.82 Å². The van der Waals surface area contributed by atoms with Crippen molar-refractivity contribution >= 4 is 56.4 Å². The van der Waals surface area contributed by atoms with Gasteiger partial charge in [-0.05, 0) is 30.5 Å². The Labute approximate surface area is 175 Å². The lowest BCUT2D eigenvalue weighted by atomic mass is 9.94. The molecule has 30 heavy (non-hydrogen) atoms. The average molecular weight is 420 g/mol. The Hall–Kier alpha value is -3.38. The summed E-state index contributed by atoms with van der Waals surface area (Å²) in [6.07, 6.45) is 5.59. The molecule has 2 amide bonds. The van der Waals surface area contributed by atoms with E-state index in [9.17, 15) is 14.0 Å². The van der Waals surface area contributed by atoms with Gasteiger partial charge in [-0.3, -0.25) is 14.9 Å². The van der Waals surface area contributed by atoms with E-state index >= 15 is 0 Å². The highest BCUT2D eigenvalue weighted by Crippen LogP contribution is 2.40. The van der Waals surface area contributed by atoms with Gasteiger partial charge in [0.05, 0.1) is 21.7 Å². The molecule has 0 unspecified atom stereocenters. The van der Waals surface area contributed by atoms with Crippen molar-refractivity contribution in [2.24, 2.45) is 0 Å². The molecule has 4 aromatic rings. The third kappa shape index (κ3) is 2.28. The number of halogens is 2. The highest BCUT2D eigenvalue weighted by atomic mass is 35.5. The summed E-state index contributed by atoms with van der Waals surface area (Å²) in [7, 11) is 0. The summed E-state index contributed by atoms with van der Waals surface area (Å²) in [6, 6.07) is 8.83. The van der Waals surface area contributed by atoms with E-state index in [1.54, 1.807) is 6.20 Å². The van der Waals surface area contributed by atoms with Crippen LogP contribution < -0.4 is 5.32 Å². The van der Waals surface area contributed by atoms with Gasteiger partial charge in [-0.25, -0.2) is 4.39 Å². The molecule has 0 saturated heterocycles. The summed E-state index contributed by atoms with van der Waals surface area (Å²) in [6.45, 7) is 0.864. The van der Waals surface area contributed by atoms with E-state index in [1.165, 1.54) is 17.7 Å². The van der Waals surface area contributed by atoms with E-state index in [-0.39, 0.29) is 10.6 Å². The molecule has 5 nitrogen and oxygen atoms in total. The van der Waals surface area contributed by atoms with Crippen LogP contribution in [0.15, 0.2) is 42.7 Å². The average Bonchev–Trinajstić information content (AvgIpc) is 3.37. The fourth-order valence-corrected chi connectivity index (χ4v) is 4.91. The highest BCUT2D eigenvalue weighted by Gasteiger charge is 2.35. The molecule has 4 heterocycles. The fourth-order valence-electron chi connectivity index (χ4n) is 4.75. The summed E-state index contributed by atoms with van der Waals surface area (Å²) < 4.78 is 16.3.